The van der Waals surface area contributed by atoms with Crippen LogP contribution in [0.2, 0.25) is 0 Å². The zero-order valence-corrected chi connectivity index (χ0v) is 13.5. The molecule has 0 aromatic carbocycles. The monoisotopic (exact) mass is 312 g/mol. The molecule has 3 aromatic heterocycles. The van der Waals surface area contributed by atoms with Gasteiger partial charge >= 0.3 is 0 Å². The van der Waals surface area contributed by atoms with Crippen LogP contribution in [0, 0.1) is 0 Å². The Morgan fingerprint density at radius 2 is 1.91 bits per heavy atom. The first kappa shape index (κ1) is 15.8. The summed E-state index contributed by atoms with van der Waals surface area (Å²) in [6, 6.07) is 4.16. The van der Waals surface area contributed by atoms with E-state index >= 15 is 0 Å². The summed E-state index contributed by atoms with van der Waals surface area (Å²) in [5, 5.41) is 0. The van der Waals surface area contributed by atoms with E-state index in [2.05, 4.69) is 34.0 Å². The van der Waals surface area contributed by atoms with Crippen molar-refractivity contribution >= 4 is 22.1 Å². The standard InChI is InChI=1S/C17H24N6/c1-11(7-9-19)12-5-6-14-16(23-12)17-15(20-10-21-17)13(22-14)4-2-3-8-18/h5-6,10-11,23H,2-4,7-9,18-19H2,1H3. The Balaban J connectivity index is 2.05. The van der Waals surface area contributed by atoms with Crippen molar-refractivity contribution in [2.24, 2.45) is 11.5 Å². The van der Waals surface area contributed by atoms with E-state index < -0.39 is 0 Å². The first-order valence-electron chi connectivity index (χ1n) is 8.27. The lowest BCUT2D eigenvalue weighted by Crippen LogP contribution is -2.06. The van der Waals surface area contributed by atoms with Gasteiger partial charge in [0.05, 0.1) is 16.7 Å². The zero-order valence-electron chi connectivity index (χ0n) is 13.5. The first-order valence-corrected chi connectivity index (χ1v) is 8.27. The molecule has 0 bridgehead atoms. The fourth-order valence-electron chi connectivity index (χ4n) is 2.94. The molecule has 23 heavy (non-hydrogen) atoms. The predicted octanol–water partition coefficient (Wildman–Crippen LogP) is 2.24. The molecule has 1 unspecified atom stereocenters. The maximum absolute atomic E-state index is 5.67. The molecule has 122 valence electrons. The minimum atomic E-state index is 0.381. The maximum Gasteiger partial charge on any atom is 0.118 e. The van der Waals surface area contributed by atoms with Crippen molar-refractivity contribution in [3.8, 4) is 0 Å². The summed E-state index contributed by atoms with van der Waals surface area (Å²) in [4.78, 5) is 17.2. The first-order chi connectivity index (χ1) is 11.2. The van der Waals surface area contributed by atoms with Crippen LogP contribution in [0.5, 0.6) is 0 Å². The molecule has 6 heteroatoms. The molecule has 0 aliphatic heterocycles. The summed E-state index contributed by atoms with van der Waals surface area (Å²) in [6.45, 7) is 3.56. The number of hydrogen-bond donors (Lipinski definition) is 3. The predicted molar refractivity (Wildman–Crippen MR) is 93.3 cm³/mol. The van der Waals surface area contributed by atoms with Crippen LogP contribution in [0.4, 0.5) is 0 Å². The SMILES string of the molecule is CC(CCN)c1ccc2nc(CCCCN)c3ncnc3c2[nH]1. The van der Waals surface area contributed by atoms with Crippen molar-refractivity contribution in [2.45, 2.75) is 38.5 Å². The van der Waals surface area contributed by atoms with Crippen molar-refractivity contribution in [3.63, 3.8) is 0 Å². The average Bonchev–Trinajstić information content (AvgIpc) is 3.05. The quantitative estimate of drug-likeness (QED) is 0.580. The number of hydrogen-bond acceptors (Lipinski definition) is 5. The Morgan fingerprint density at radius 3 is 2.70 bits per heavy atom. The molecule has 0 aliphatic rings. The Bertz CT molecular complexity index is 794. The van der Waals surface area contributed by atoms with Crippen LogP contribution in [0.3, 0.4) is 0 Å². The second kappa shape index (κ2) is 7.02. The van der Waals surface area contributed by atoms with E-state index in [0.717, 1.165) is 59.1 Å². The van der Waals surface area contributed by atoms with Gasteiger partial charge < -0.3 is 16.5 Å². The molecule has 0 fully saturated rings. The Morgan fingerprint density at radius 1 is 1.09 bits per heavy atom. The van der Waals surface area contributed by atoms with E-state index in [-0.39, 0.29) is 0 Å². The normalized spacial score (nSPS) is 13.0. The second-order valence-corrected chi connectivity index (χ2v) is 6.03. The molecule has 3 rings (SSSR count). The topological polar surface area (TPSA) is 106 Å². The molecule has 0 aliphatic carbocycles. The van der Waals surface area contributed by atoms with Crippen LogP contribution in [-0.2, 0) is 6.42 Å². The van der Waals surface area contributed by atoms with Crippen LogP contribution < -0.4 is 11.5 Å². The van der Waals surface area contributed by atoms with Gasteiger partial charge in [-0.3, -0.25) is 0 Å². The van der Waals surface area contributed by atoms with Crippen LogP contribution in [0.1, 0.15) is 43.5 Å². The van der Waals surface area contributed by atoms with Crippen molar-refractivity contribution in [2.75, 3.05) is 13.1 Å². The van der Waals surface area contributed by atoms with Crippen LogP contribution in [0.15, 0.2) is 18.5 Å². The van der Waals surface area contributed by atoms with Gasteiger partial charge in [-0.25, -0.2) is 15.0 Å². The minimum absolute atomic E-state index is 0.381. The van der Waals surface area contributed by atoms with Gasteiger partial charge in [0.2, 0.25) is 0 Å². The molecule has 0 spiro atoms. The molecular formula is C17H24N6. The number of nitrogens with zero attached hydrogens (tertiary/aromatic N) is 3. The number of nitrogens with two attached hydrogens (primary N) is 2. The van der Waals surface area contributed by atoms with Gasteiger partial charge in [-0.15, -0.1) is 0 Å². The molecule has 3 heterocycles. The Kier molecular flexibility index (Phi) is 4.83. The number of unbranched alkanes of at least 4 members (excludes halogenated alkanes) is 1. The van der Waals surface area contributed by atoms with Crippen LogP contribution in [0.25, 0.3) is 22.1 Å². The van der Waals surface area contributed by atoms with E-state index in [4.69, 9.17) is 16.5 Å². The van der Waals surface area contributed by atoms with E-state index in [1.165, 1.54) is 0 Å². The summed E-state index contributed by atoms with van der Waals surface area (Å²) in [5.41, 5.74) is 17.1. The average molecular weight is 312 g/mol. The maximum atomic E-state index is 5.67. The number of aromatic amines is 1. The van der Waals surface area contributed by atoms with Gasteiger partial charge in [-0.05, 0) is 56.8 Å². The Hall–Kier alpha value is -2.05. The lowest BCUT2D eigenvalue weighted by atomic mass is 10.0. The largest absolute Gasteiger partial charge is 0.355 e. The van der Waals surface area contributed by atoms with Gasteiger partial charge in [0.15, 0.2) is 0 Å². The van der Waals surface area contributed by atoms with Crippen molar-refractivity contribution in [1.82, 2.24) is 19.9 Å². The summed E-state index contributed by atoms with van der Waals surface area (Å²) in [6.07, 6.45) is 5.46. The lowest BCUT2D eigenvalue weighted by Gasteiger charge is -2.12. The molecule has 3 aromatic rings. The molecule has 1 atom stereocenters. The number of H-pyrrole nitrogens is 1. The van der Waals surface area contributed by atoms with Crippen molar-refractivity contribution in [3.05, 3.63) is 29.8 Å². The summed E-state index contributed by atoms with van der Waals surface area (Å²) in [5.74, 6) is 0.381. The highest BCUT2D eigenvalue weighted by Crippen LogP contribution is 2.26. The van der Waals surface area contributed by atoms with Crippen molar-refractivity contribution in [1.29, 1.82) is 0 Å². The van der Waals surface area contributed by atoms with Gasteiger partial charge in [0.25, 0.3) is 0 Å². The highest BCUT2D eigenvalue weighted by molar-refractivity contribution is 6.00. The molecular weight excluding hydrogens is 288 g/mol. The van der Waals surface area contributed by atoms with Gasteiger partial charge in [0, 0.05) is 5.69 Å². The van der Waals surface area contributed by atoms with E-state index in [1.807, 2.05) is 0 Å². The van der Waals surface area contributed by atoms with Gasteiger partial charge in [-0.2, -0.15) is 0 Å². The number of fused-ring (bicyclic) bond motifs is 3. The van der Waals surface area contributed by atoms with E-state index in [0.29, 0.717) is 19.0 Å². The highest BCUT2D eigenvalue weighted by Gasteiger charge is 2.13. The third kappa shape index (κ3) is 3.18. The highest BCUT2D eigenvalue weighted by atomic mass is 14.9. The molecule has 6 nitrogen and oxygen atoms in total. The molecule has 0 saturated carbocycles. The number of imidazole rings is 1. The third-order valence-electron chi connectivity index (χ3n) is 4.31. The second-order valence-electron chi connectivity index (χ2n) is 6.03. The fourth-order valence-corrected chi connectivity index (χ4v) is 2.94. The van der Waals surface area contributed by atoms with E-state index in [9.17, 15) is 0 Å². The molecule has 0 amide bonds. The number of pyridine rings is 2. The lowest BCUT2D eigenvalue weighted by molar-refractivity contribution is 0.673. The van der Waals surface area contributed by atoms with Gasteiger partial charge in [-0.1, -0.05) is 6.92 Å². The summed E-state index contributed by atoms with van der Waals surface area (Å²) >= 11 is 0. The molecule has 0 saturated heterocycles. The van der Waals surface area contributed by atoms with Gasteiger partial charge in [0.1, 0.15) is 17.4 Å². The zero-order chi connectivity index (χ0) is 16.2. The number of aryl methyl sites for hydroxylation is 1. The molecule has 5 N–H and O–H groups in total. The Labute approximate surface area is 135 Å². The molecule has 0 radical (unpaired) electrons. The third-order valence-corrected chi connectivity index (χ3v) is 4.31. The van der Waals surface area contributed by atoms with E-state index in [1.54, 1.807) is 6.33 Å². The minimum Gasteiger partial charge on any atom is -0.355 e. The summed E-state index contributed by atoms with van der Waals surface area (Å²) < 4.78 is 0. The van der Waals surface area contributed by atoms with Crippen LogP contribution in [-0.4, -0.2) is 33.0 Å². The number of nitrogens with one attached hydrogen (secondary N) is 1. The van der Waals surface area contributed by atoms with Crippen molar-refractivity contribution < 1.29 is 0 Å². The summed E-state index contributed by atoms with van der Waals surface area (Å²) in [7, 11) is 0. The fraction of sp³-hybridized carbons (Fsp3) is 0.471. The van der Waals surface area contributed by atoms with Crippen LogP contribution >= 0.6 is 0 Å². The smallest absolute Gasteiger partial charge is 0.118 e. The number of rotatable bonds is 7. The number of aromatic nitrogens is 4.